The predicted octanol–water partition coefficient (Wildman–Crippen LogP) is 6.21. The van der Waals surface area contributed by atoms with Gasteiger partial charge in [-0.05, 0) is 86.4 Å². The number of Topliss-reactive ketones (excluding diaryl/α,β-unsaturated/α-hetero) is 1. The highest BCUT2D eigenvalue weighted by atomic mass is 16.5. The summed E-state index contributed by atoms with van der Waals surface area (Å²) in [6, 6.07) is 0. The van der Waals surface area contributed by atoms with Crippen LogP contribution in [0.2, 0.25) is 0 Å². The topological polar surface area (TPSA) is 52.6 Å². The molecule has 0 heterocycles. The Labute approximate surface area is 195 Å². The van der Waals surface area contributed by atoms with Crippen LogP contribution in [0.3, 0.4) is 0 Å². The van der Waals surface area contributed by atoms with Crippen LogP contribution in [-0.2, 0) is 19.1 Å². The number of carbonyl (C=O) groups excluding carboxylic acids is 2. The molecule has 0 unspecified atom stereocenters. The average Bonchev–Trinajstić information content (AvgIpc) is 2.70. The number of ketones is 1. The van der Waals surface area contributed by atoms with E-state index in [-0.39, 0.29) is 45.6 Å². The lowest BCUT2D eigenvalue weighted by Gasteiger charge is -2.71. The standard InChI is InChI=1S/C28H46O4/c1-8-31-17-19-11-15-27(6)20(24(19)30)9-10-22-26(5)14-13-23(32-18(2)29)25(3,4)21(26)12-16-28(22,27)7/h19-23H,8-17H2,1-7H3/t19-,20+,21-,22+,23-,26-,27+,28+/m0/s1. The SMILES string of the molecule is CCOC[C@@H]1CC[C@]2(C)[C@H](CC[C@@H]3[C@@]4(C)CC[C@H](OC(C)=O)C(C)(C)[C@@H]4CC[C@]32C)C1=O. The molecular formula is C28H46O4. The first kappa shape index (κ1) is 24.2. The number of hydrogen-bond donors (Lipinski definition) is 0. The van der Waals surface area contributed by atoms with Gasteiger partial charge in [-0.25, -0.2) is 0 Å². The summed E-state index contributed by atoms with van der Waals surface area (Å²) in [7, 11) is 0. The fourth-order valence-corrected chi connectivity index (χ4v) is 9.56. The summed E-state index contributed by atoms with van der Waals surface area (Å²) in [5.41, 5.74) is 0.507. The first-order valence-electron chi connectivity index (χ1n) is 13.2. The molecule has 0 saturated heterocycles. The fourth-order valence-electron chi connectivity index (χ4n) is 9.56. The molecule has 0 aliphatic heterocycles. The second-order valence-corrected chi connectivity index (χ2v) is 12.9. The van der Waals surface area contributed by atoms with E-state index >= 15 is 0 Å². The average molecular weight is 447 g/mol. The van der Waals surface area contributed by atoms with E-state index in [0.29, 0.717) is 30.8 Å². The molecule has 4 nitrogen and oxygen atoms in total. The monoisotopic (exact) mass is 446 g/mol. The third-order valence-electron chi connectivity index (χ3n) is 11.4. The van der Waals surface area contributed by atoms with Crippen molar-refractivity contribution in [3.05, 3.63) is 0 Å². The first-order chi connectivity index (χ1) is 14.9. The lowest BCUT2D eigenvalue weighted by molar-refractivity contribution is -0.234. The van der Waals surface area contributed by atoms with Gasteiger partial charge in [-0.3, -0.25) is 9.59 Å². The van der Waals surface area contributed by atoms with E-state index < -0.39 is 0 Å². The second-order valence-electron chi connectivity index (χ2n) is 12.9. The Bertz CT molecular complexity index is 759. The van der Waals surface area contributed by atoms with E-state index in [1.54, 1.807) is 6.92 Å². The summed E-state index contributed by atoms with van der Waals surface area (Å²) in [6.07, 6.45) is 8.78. The zero-order valence-electron chi connectivity index (χ0n) is 21.6. The van der Waals surface area contributed by atoms with Gasteiger partial charge in [0.15, 0.2) is 0 Å². The summed E-state index contributed by atoms with van der Waals surface area (Å²) in [6.45, 7) is 17.1. The molecule has 0 spiro atoms. The Morgan fingerprint density at radius 1 is 0.906 bits per heavy atom. The maximum absolute atomic E-state index is 13.6. The molecule has 0 radical (unpaired) electrons. The van der Waals surface area contributed by atoms with Crippen molar-refractivity contribution in [2.75, 3.05) is 13.2 Å². The van der Waals surface area contributed by atoms with Crippen molar-refractivity contribution in [3.8, 4) is 0 Å². The van der Waals surface area contributed by atoms with Crippen molar-refractivity contribution < 1.29 is 19.1 Å². The van der Waals surface area contributed by atoms with E-state index in [9.17, 15) is 9.59 Å². The predicted molar refractivity (Wildman–Crippen MR) is 126 cm³/mol. The minimum absolute atomic E-state index is 0.0112. The van der Waals surface area contributed by atoms with Crippen molar-refractivity contribution in [1.82, 2.24) is 0 Å². The number of ether oxygens (including phenoxy) is 2. The van der Waals surface area contributed by atoms with E-state index in [0.717, 1.165) is 38.5 Å². The molecule has 8 atom stereocenters. The van der Waals surface area contributed by atoms with E-state index in [4.69, 9.17) is 9.47 Å². The van der Waals surface area contributed by atoms with Crippen LogP contribution in [0, 0.1) is 45.3 Å². The summed E-state index contributed by atoms with van der Waals surface area (Å²) in [4.78, 5) is 25.3. The summed E-state index contributed by atoms with van der Waals surface area (Å²) in [5, 5.41) is 0. The van der Waals surface area contributed by atoms with Crippen LogP contribution in [0.15, 0.2) is 0 Å². The highest BCUT2D eigenvalue weighted by molar-refractivity contribution is 5.85. The molecule has 0 N–H and O–H groups in total. The van der Waals surface area contributed by atoms with Gasteiger partial charge in [0, 0.05) is 30.8 Å². The molecule has 4 saturated carbocycles. The number of esters is 1. The van der Waals surface area contributed by atoms with Gasteiger partial charge in [0.1, 0.15) is 11.9 Å². The Balaban J connectivity index is 1.63. The van der Waals surface area contributed by atoms with Gasteiger partial charge in [0.05, 0.1) is 6.61 Å². The smallest absolute Gasteiger partial charge is 0.302 e. The van der Waals surface area contributed by atoms with Crippen LogP contribution in [0.5, 0.6) is 0 Å². The molecule has 0 aromatic rings. The zero-order chi connectivity index (χ0) is 23.5. The van der Waals surface area contributed by atoms with Crippen LogP contribution < -0.4 is 0 Å². The lowest BCUT2D eigenvalue weighted by Crippen LogP contribution is -2.66. The maximum atomic E-state index is 13.6. The maximum Gasteiger partial charge on any atom is 0.302 e. The van der Waals surface area contributed by atoms with Crippen molar-refractivity contribution in [3.63, 3.8) is 0 Å². The zero-order valence-corrected chi connectivity index (χ0v) is 21.6. The number of carbonyl (C=O) groups is 2. The molecule has 32 heavy (non-hydrogen) atoms. The normalized spacial score (nSPS) is 47.7. The van der Waals surface area contributed by atoms with Crippen molar-refractivity contribution in [2.45, 2.75) is 106 Å². The van der Waals surface area contributed by atoms with Gasteiger partial charge in [0.25, 0.3) is 0 Å². The minimum atomic E-state index is -0.150. The quantitative estimate of drug-likeness (QED) is 0.482. The Morgan fingerprint density at radius 3 is 2.25 bits per heavy atom. The summed E-state index contributed by atoms with van der Waals surface area (Å²) in [5.74, 6) is 1.80. The van der Waals surface area contributed by atoms with Gasteiger partial charge in [-0.15, -0.1) is 0 Å². The van der Waals surface area contributed by atoms with E-state index in [1.165, 1.54) is 12.8 Å². The van der Waals surface area contributed by atoms with Crippen molar-refractivity contribution in [2.24, 2.45) is 45.3 Å². The van der Waals surface area contributed by atoms with Crippen molar-refractivity contribution in [1.29, 1.82) is 0 Å². The minimum Gasteiger partial charge on any atom is -0.462 e. The van der Waals surface area contributed by atoms with Crippen LogP contribution >= 0.6 is 0 Å². The largest absolute Gasteiger partial charge is 0.462 e. The molecule has 182 valence electrons. The molecule has 4 heteroatoms. The van der Waals surface area contributed by atoms with Gasteiger partial charge in [-0.2, -0.15) is 0 Å². The summed E-state index contributed by atoms with van der Waals surface area (Å²) >= 11 is 0. The molecular weight excluding hydrogens is 400 g/mol. The van der Waals surface area contributed by atoms with Gasteiger partial charge in [0.2, 0.25) is 0 Å². The van der Waals surface area contributed by atoms with Crippen LogP contribution in [0.1, 0.15) is 99.8 Å². The number of hydrogen-bond acceptors (Lipinski definition) is 4. The van der Waals surface area contributed by atoms with Gasteiger partial charge >= 0.3 is 5.97 Å². The summed E-state index contributed by atoms with van der Waals surface area (Å²) < 4.78 is 11.5. The molecule has 4 aliphatic rings. The number of rotatable bonds is 4. The lowest BCUT2D eigenvalue weighted by atomic mass is 9.34. The van der Waals surface area contributed by atoms with Gasteiger partial charge in [-0.1, -0.05) is 34.6 Å². The highest BCUT2D eigenvalue weighted by Gasteiger charge is 2.68. The van der Waals surface area contributed by atoms with Crippen LogP contribution in [-0.4, -0.2) is 31.1 Å². The second kappa shape index (κ2) is 8.10. The molecule has 0 aromatic heterocycles. The van der Waals surface area contributed by atoms with E-state index in [2.05, 4.69) is 34.6 Å². The molecule has 4 aliphatic carbocycles. The Morgan fingerprint density at radius 2 is 1.59 bits per heavy atom. The third-order valence-corrected chi connectivity index (χ3v) is 11.4. The van der Waals surface area contributed by atoms with Crippen molar-refractivity contribution >= 4 is 11.8 Å². The number of fused-ring (bicyclic) bond motifs is 5. The van der Waals surface area contributed by atoms with E-state index in [1.807, 2.05) is 6.92 Å². The molecule has 4 rings (SSSR count). The van der Waals surface area contributed by atoms with Crippen LogP contribution in [0.25, 0.3) is 0 Å². The molecule has 0 bridgehead atoms. The first-order valence-corrected chi connectivity index (χ1v) is 13.2. The van der Waals surface area contributed by atoms with Crippen LogP contribution in [0.4, 0.5) is 0 Å². The molecule has 0 amide bonds. The molecule has 0 aromatic carbocycles. The fraction of sp³-hybridized carbons (Fsp3) is 0.929. The Kier molecular flexibility index (Phi) is 6.13. The third kappa shape index (κ3) is 3.33. The Hall–Kier alpha value is -0.900. The highest BCUT2D eigenvalue weighted by Crippen LogP contribution is 2.73. The van der Waals surface area contributed by atoms with Gasteiger partial charge < -0.3 is 9.47 Å². The molecule has 4 fully saturated rings.